The number of aliphatic carboxylic acids is 1. The van der Waals surface area contributed by atoms with Gasteiger partial charge in [0.2, 0.25) is 0 Å². The van der Waals surface area contributed by atoms with Crippen LogP contribution < -0.4 is 4.74 Å². The molecule has 1 N–H and O–H groups in total. The van der Waals surface area contributed by atoms with Gasteiger partial charge in [-0.15, -0.1) is 0 Å². The number of carboxylic acids is 1. The molecule has 0 saturated heterocycles. The van der Waals surface area contributed by atoms with Crippen molar-refractivity contribution in [2.45, 2.75) is 77.7 Å². The maximum absolute atomic E-state index is 11.8. The third-order valence-electron chi connectivity index (χ3n) is 4.03. The summed E-state index contributed by atoms with van der Waals surface area (Å²) in [5, 5.41) is 9.31. The molecule has 1 atom stereocenters. The van der Waals surface area contributed by atoms with Crippen molar-refractivity contribution in [3.8, 4) is 5.75 Å². The van der Waals surface area contributed by atoms with E-state index in [-0.39, 0.29) is 5.78 Å². The van der Waals surface area contributed by atoms with Crippen LogP contribution in [0.3, 0.4) is 0 Å². The number of hydrogen-bond donors (Lipinski definition) is 1. The van der Waals surface area contributed by atoms with E-state index in [1.807, 2.05) is 6.92 Å². The van der Waals surface area contributed by atoms with E-state index in [1.165, 1.54) is 19.3 Å². The van der Waals surface area contributed by atoms with Crippen molar-refractivity contribution in [2.75, 3.05) is 0 Å². The van der Waals surface area contributed by atoms with Gasteiger partial charge in [0, 0.05) is 12.0 Å². The van der Waals surface area contributed by atoms with Crippen LogP contribution >= 0.6 is 0 Å². The molecule has 0 saturated carbocycles. The second kappa shape index (κ2) is 11.7. The maximum Gasteiger partial charge on any atom is 0.344 e. The molecule has 0 aliphatic rings. The van der Waals surface area contributed by atoms with Crippen molar-refractivity contribution < 1.29 is 19.4 Å². The Kier molecular flexibility index (Phi) is 9.81. The Morgan fingerprint density at radius 3 is 2.17 bits per heavy atom. The molecule has 1 rings (SSSR count). The molecule has 1 aromatic carbocycles. The van der Waals surface area contributed by atoms with Gasteiger partial charge in [-0.3, -0.25) is 4.79 Å². The fourth-order valence-electron chi connectivity index (χ4n) is 2.60. The van der Waals surface area contributed by atoms with Crippen LogP contribution in [-0.4, -0.2) is 23.0 Å². The molecular formula is C20H30O4. The number of carbonyl (C=O) groups is 2. The molecule has 24 heavy (non-hydrogen) atoms. The van der Waals surface area contributed by atoms with Crippen LogP contribution in [-0.2, 0) is 4.79 Å². The van der Waals surface area contributed by atoms with Crippen molar-refractivity contribution in [3.63, 3.8) is 0 Å². The largest absolute Gasteiger partial charge is 0.479 e. The van der Waals surface area contributed by atoms with Crippen molar-refractivity contribution in [1.29, 1.82) is 0 Å². The quantitative estimate of drug-likeness (QED) is 0.395. The summed E-state index contributed by atoms with van der Waals surface area (Å²) in [5.41, 5.74) is 0.645. The number of carboxylic acid groups (broad SMARTS) is 1. The molecule has 0 bridgehead atoms. The van der Waals surface area contributed by atoms with Crippen LogP contribution in [0, 0.1) is 0 Å². The minimum atomic E-state index is -0.935. The molecule has 0 spiro atoms. The van der Waals surface area contributed by atoms with Gasteiger partial charge in [-0.25, -0.2) is 4.79 Å². The van der Waals surface area contributed by atoms with Crippen molar-refractivity contribution in [2.24, 2.45) is 0 Å². The Bertz CT molecular complexity index is 493. The number of carbonyl (C=O) groups excluding carboxylic acids is 1. The van der Waals surface area contributed by atoms with Gasteiger partial charge in [0.25, 0.3) is 0 Å². The molecule has 0 radical (unpaired) electrons. The first-order chi connectivity index (χ1) is 11.6. The molecular weight excluding hydrogens is 304 g/mol. The zero-order valence-electron chi connectivity index (χ0n) is 14.9. The summed E-state index contributed by atoms with van der Waals surface area (Å²) in [6.07, 6.45) is 7.72. The number of ketones is 1. The fourth-order valence-corrected chi connectivity index (χ4v) is 2.60. The van der Waals surface area contributed by atoms with E-state index < -0.39 is 12.1 Å². The third-order valence-corrected chi connectivity index (χ3v) is 4.03. The summed E-state index contributed by atoms with van der Waals surface area (Å²) in [6.45, 7) is 4.14. The van der Waals surface area contributed by atoms with Gasteiger partial charge in [0.1, 0.15) is 5.75 Å². The normalized spacial score (nSPS) is 11.9. The minimum absolute atomic E-state index is 0.103. The summed E-state index contributed by atoms with van der Waals surface area (Å²) in [5.74, 6) is -0.331. The van der Waals surface area contributed by atoms with E-state index in [0.29, 0.717) is 24.2 Å². The Morgan fingerprint density at radius 1 is 0.958 bits per heavy atom. The van der Waals surface area contributed by atoms with E-state index in [4.69, 9.17) is 4.74 Å². The minimum Gasteiger partial charge on any atom is -0.479 e. The van der Waals surface area contributed by atoms with Gasteiger partial charge < -0.3 is 9.84 Å². The Labute approximate surface area is 145 Å². The van der Waals surface area contributed by atoms with Crippen LogP contribution in [0.15, 0.2) is 24.3 Å². The third kappa shape index (κ3) is 7.62. The van der Waals surface area contributed by atoms with Crippen molar-refractivity contribution in [1.82, 2.24) is 0 Å². The van der Waals surface area contributed by atoms with Crippen molar-refractivity contribution >= 4 is 11.8 Å². The van der Waals surface area contributed by atoms with Gasteiger partial charge in [0.15, 0.2) is 11.9 Å². The highest BCUT2D eigenvalue weighted by Gasteiger charge is 2.19. The van der Waals surface area contributed by atoms with E-state index in [0.717, 1.165) is 25.7 Å². The van der Waals surface area contributed by atoms with Crippen LogP contribution in [0.25, 0.3) is 0 Å². The predicted octanol–water partition coefficient (Wildman–Crippen LogP) is 5.25. The molecule has 0 heterocycles. The van der Waals surface area contributed by atoms with Crippen LogP contribution in [0.1, 0.15) is 82.0 Å². The number of Topliss-reactive ketones (excluding diaryl/α,β-unsaturated/α-hetero) is 1. The number of hydrogen-bond acceptors (Lipinski definition) is 3. The highest BCUT2D eigenvalue weighted by Crippen LogP contribution is 2.18. The summed E-state index contributed by atoms with van der Waals surface area (Å²) in [4.78, 5) is 23.2. The van der Waals surface area contributed by atoms with Crippen LogP contribution in [0.5, 0.6) is 5.75 Å². The summed E-state index contributed by atoms with van der Waals surface area (Å²) >= 11 is 0. The second-order valence-corrected chi connectivity index (χ2v) is 6.20. The van der Waals surface area contributed by atoms with E-state index in [1.54, 1.807) is 24.3 Å². The molecule has 4 nitrogen and oxygen atoms in total. The predicted molar refractivity (Wildman–Crippen MR) is 95.7 cm³/mol. The molecule has 0 fully saturated rings. The molecule has 134 valence electrons. The van der Waals surface area contributed by atoms with Gasteiger partial charge >= 0.3 is 5.97 Å². The van der Waals surface area contributed by atoms with Crippen molar-refractivity contribution in [3.05, 3.63) is 29.8 Å². The SMILES string of the molecule is CCCCCCCCC(Oc1ccc(C(=O)CCC)cc1)C(=O)O. The molecule has 4 heteroatoms. The summed E-state index contributed by atoms with van der Waals surface area (Å²) < 4.78 is 5.59. The summed E-state index contributed by atoms with van der Waals surface area (Å²) in [7, 11) is 0. The lowest BCUT2D eigenvalue weighted by Gasteiger charge is -2.15. The monoisotopic (exact) mass is 334 g/mol. The van der Waals surface area contributed by atoms with Crippen LogP contribution in [0.4, 0.5) is 0 Å². The number of rotatable bonds is 13. The standard InChI is InChI=1S/C20H30O4/c1-3-5-6-7-8-9-11-19(20(22)23)24-17-14-12-16(13-15-17)18(21)10-4-2/h12-15,19H,3-11H2,1-2H3,(H,22,23). The number of benzene rings is 1. The van der Waals surface area contributed by atoms with Gasteiger partial charge in [-0.05, 0) is 43.5 Å². The van der Waals surface area contributed by atoms with E-state index in [2.05, 4.69) is 6.92 Å². The highest BCUT2D eigenvalue weighted by molar-refractivity contribution is 5.96. The zero-order chi connectivity index (χ0) is 17.8. The molecule has 1 aromatic rings. The first-order valence-corrected chi connectivity index (χ1v) is 9.11. The lowest BCUT2D eigenvalue weighted by molar-refractivity contribution is -0.145. The van der Waals surface area contributed by atoms with Crippen LogP contribution in [0.2, 0.25) is 0 Å². The smallest absolute Gasteiger partial charge is 0.344 e. The van der Waals surface area contributed by atoms with Gasteiger partial charge in [-0.1, -0.05) is 46.0 Å². The number of ether oxygens (including phenoxy) is 1. The second-order valence-electron chi connectivity index (χ2n) is 6.20. The average Bonchev–Trinajstić information content (AvgIpc) is 2.57. The molecule has 1 unspecified atom stereocenters. The molecule has 0 aliphatic carbocycles. The fraction of sp³-hybridized carbons (Fsp3) is 0.600. The Hall–Kier alpha value is -1.84. The lowest BCUT2D eigenvalue weighted by Crippen LogP contribution is -2.26. The topological polar surface area (TPSA) is 63.6 Å². The Balaban J connectivity index is 2.47. The molecule has 0 aliphatic heterocycles. The summed E-state index contributed by atoms with van der Waals surface area (Å²) in [6, 6.07) is 6.77. The van der Waals surface area contributed by atoms with Gasteiger partial charge in [-0.2, -0.15) is 0 Å². The Morgan fingerprint density at radius 2 is 1.58 bits per heavy atom. The lowest BCUT2D eigenvalue weighted by atomic mass is 10.1. The maximum atomic E-state index is 11.8. The number of unbranched alkanes of at least 4 members (excludes halogenated alkanes) is 5. The average molecular weight is 334 g/mol. The molecule has 0 amide bonds. The highest BCUT2D eigenvalue weighted by atomic mass is 16.5. The zero-order valence-corrected chi connectivity index (χ0v) is 14.9. The first-order valence-electron chi connectivity index (χ1n) is 9.11. The van der Waals surface area contributed by atoms with E-state index in [9.17, 15) is 14.7 Å². The molecule has 0 aromatic heterocycles. The van der Waals surface area contributed by atoms with E-state index >= 15 is 0 Å². The van der Waals surface area contributed by atoms with Gasteiger partial charge in [0.05, 0.1) is 0 Å². The first kappa shape index (κ1) is 20.2.